The van der Waals surface area contributed by atoms with Gasteiger partial charge in [-0.1, -0.05) is 45.9 Å². The molecule has 0 saturated carbocycles. The van der Waals surface area contributed by atoms with Crippen LogP contribution >= 0.6 is 12.4 Å². The summed E-state index contributed by atoms with van der Waals surface area (Å²) < 4.78 is 5.94. The van der Waals surface area contributed by atoms with Crippen LogP contribution in [0, 0.1) is 0 Å². The molecule has 1 N–H and O–H groups in total. The number of amides is 1. The highest BCUT2D eigenvalue weighted by atomic mass is 35.5. The van der Waals surface area contributed by atoms with Crippen molar-refractivity contribution in [2.75, 3.05) is 26.2 Å². The van der Waals surface area contributed by atoms with Crippen LogP contribution in [0.4, 0.5) is 0 Å². The zero-order valence-electron chi connectivity index (χ0n) is 16.0. The number of hydrogen-bond donors (Lipinski definition) is 1. The molecule has 1 aromatic rings. The lowest BCUT2D eigenvalue weighted by Crippen LogP contribution is -2.48. The Labute approximate surface area is 158 Å². The molecule has 142 valence electrons. The number of halogens is 1. The van der Waals surface area contributed by atoms with Crippen LogP contribution in [0.5, 0.6) is 5.75 Å². The van der Waals surface area contributed by atoms with Gasteiger partial charge in [-0.05, 0) is 49.4 Å². The number of nitrogens with one attached hydrogen (secondary N) is 1. The van der Waals surface area contributed by atoms with E-state index < -0.39 is 0 Å². The molecule has 0 atom stereocenters. The first-order valence-corrected chi connectivity index (χ1v) is 9.16. The van der Waals surface area contributed by atoms with E-state index in [-0.39, 0.29) is 30.3 Å². The highest BCUT2D eigenvalue weighted by Crippen LogP contribution is 2.31. The van der Waals surface area contributed by atoms with Gasteiger partial charge in [-0.2, -0.15) is 0 Å². The lowest BCUT2D eigenvalue weighted by atomic mass is 9.86. The zero-order chi connectivity index (χ0) is 17.6. The van der Waals surface area contributed by atoms with Gasteiger partial charge in [0.2, 0.25) is 0 Å². The second-order valence-electron chi connectivity index (χ2n) is 7.60. The molecule has 25 heavy (non-hydrogen) atoms. The van der Waals surface area contributed by atoms with E-state index in [1.165, 1.54) is 0 Å². The minimum absolute atomic E-state index is 0. The third-order valence-corrected chi connectivity index (χ3v) is 4.58. The van der Waals surface area contributed by atoms with Gasteiger partial charge in [0.15, 0.2) is 6.61 Å². The fourth-order valence-corrected chi connectivity index (χ4v) is 3.30. The standard InChI is InChI=1S/C20H32N2O2.ClH/c1-5-14-22(16-10-12-21-13-11-16)19(23)15-24-18-9-7-6-8-17(18)20(2,3)4;/h6-9,16,21H,5,10-15H2,1-4H3;1H. The third-order valence-electron chi connectivity index (χ3n) is 4.58. The molecule has 0 spiro atoms. The molecular formula is C20H33ClN2O2. The predicted octanol–water partition coefficient (Wildman–Crippen LogP) is 3.78. The van der Waals surface area contributed by atoms with Crippen molar-refractivity contribution < 1.29 is 9.53 Å². The minimum atomic E-state index is -0.00220. The Kier molecular flexibility index (Phi) is 8.74. The number of rotatable bonds is 6. The van der Waals surface area contributed by atoms with Gasteiger partial charge in [0.25, 0.3) is 5.91 Å². The highest BCUT2D eigenvalue weighted by molar-refractivity contribution is 5.85. The van der Waals surface area contributed by atoms with Crippen molar-refractivity contribution in [3.8, 4) is 5.75 Å². The molecule has 1 fully saturated rings. The summed E-state index contributed by atoms with van der Waals surface area (Å²) in [7, 11) is 0. The quantitative estimate of drug-likeness (QED) is 0.830. The van der Waals surface area contributed by atoms with Crippen molar-refractivity contribution in [1.82, 2.24) is 10.2 Å². The molecule has 0 radical (unpaired) electrons. The monoisotopic (exact) mass is 368 g/mol. The van der Waals surface area contributed by atoms with Crippen LogP contribution in [-0.2, 0) is 10.2 Å². The average molecular weight is 369 g/mol. The number of carbonyl (C=O) groups excluding carboxylic acids is 1. The number of carbonyl (C=O) groups is 1. The van der Waals surface area contributed by atoms with Crippen molar-refractivity contribution in [2.45, 2.75) is 58.4 Å². The van der Waals surface area contributed by atoms with Crippen molar-refractivity contribution in [2.24, 2.45) is 0 Å². The maximum atomic E-state index is 12.7. The highest BCUT2D eigenvalue weighted by Gasteiger charge is 2.25. The van der Waals surface area contributed by atoms with E-state index in [0.29, 0.717) is 6.04 Å². The first kappa shape index (κ1) is 21.8. The van der Waals surface area contributed by atoms with Crippen molar-refractivity contribution in [3.05, 3.63) is 29.8 Å². The first-order valence-electron chi connectivity index (χ1n) is 9.16. The smallest absolute Gasteiger partial charge is 0.260 e. The van der Waals surface area contributed by atoms with Gasteiger partial charge in [0, 0.05) is 12.6 Å². The minimum Gasteiger partial charge on any atom is -0.483 e. The summed E-state index contributed by atoms with van der Waals surface area (Å²) in [5, 5.41) is 3.36. The van der Waals surface area contributed by atoms with Gasteiger partial charge in [-0.25, -0.2) is 0 Å². The van der Waals surface area contributed by atoms with Crippen LogP contribution in [0.3, 0.4) is 0 Å². The summed E-state index contributed by atoms with van der Waals surface area (Å²) in [5.74, 6) is 0.924. The van der Waals surface area contributed by atoms with Crippen LogP contribution in [-0.4, -0.2) is 43.1 Å². The Morgan fingerprint density at radius 3 is 2.48 bits per heavy atom. The molecule has 1 heterocycles. The second kappa shape index (κ2) is 10.0. The topological polar surface area (TPSA) is 41.6 Å². The summed E-state index contributed by atoms with van der Waals surface area (Å²) in [6, 6.07) is 8.37. The Morgan fingerprint density at radius 1 is 1.24 bits per heavy atom. The lowest BCUT2D eigenvalue weighted by molar-refractivity contribution is -0.136. The number of benzene rings is 1. The Bertz CT molecular complexity index is 537. The van der Waals surface area contributed by atoms with E-state index in [0.717, 1.165) is 50.2 Å². The Balaban J connectivity index is 0.00000312. The summed E-state index contributed by atoms with van der Waals surface area (Å²) in [5.41, 5.74) is 1.14. The number of para-hydroxylation sites is 1. The van der Waals surface area contributed by atoms with E-state index in [4.69, 9.17) is 4.74 Å². The maximum absolute atomic E-state index is 12.7. The lowest BCUT2D eigenvalue weighted by Gasteiger charge is -2.34. The Morgan fingerprint density at radius 2 is 1.88 bits per heavy atom. The molecular weight excluding hydrogens is 336 g/mol. The second-order valence-corrected chi connectivity index (χ2v) is 7.60. The molecule has 0 unspecified atom stereocenters. The van der Waals surface area contributed by atoms with E-state index in [1.807, 2.05) is 23.1 Å². The van der Waals surface area contributed by atoms with Crippen LogP contribution in [0.2, 0.25) is 0 Å². The molecule has 0 bridgehead atoms. The van der Waals surface area contributed by atoms with Crippen molar-refractivity contribution >= 4 is 18.3 Å². The van der Waals surface area contributed by atoms with Gasteiger partial charge in [0.1, 0.15) is 5.75 Å². The van der Waals surface area contributed by atoms with Gasteiger partial charge in [-0.15, -0.1) is 12.4 Å². The van der Waals surface area contributed by atoms with E-state index in [9.17, 15) is 4.79 Å². The fourth-order valence-electron chi connectivity index (χ4n) is 3.30. The summed E-state index contributed by atoms with van der Waals surface area (Å²) >= 11 is 0. The van der Waals surface area contributed by atoms with Gasteiger partial charge in [0.05, 0.1) is 0 Å². The Hall–Kier alpha value is -1.26. The largest absolute Gasteiger partial charge is 0.483 e. The number of hydrogen-bond acceptors (Lipinski definition) is 3. The molecule has 2 rings (SSSR count). The van der Waals surface area contributed by atoms with Crippen LogP contribution in [0.15, 0.2) is 24.3 Å². The first-order chi connectivity index (χ1) is 11.4. The SMILES string of the molecule is CCCN(C(=O)COc1ccccc1C(C)(C)C)C1CCNCC1.Cl. The summed E-state index contributed by atoms with van der Waals surface area (Å²) in [4.78, 5) is 14.8. The van der Waals surface area contributed by atoms with Crippen LogP contribution in [0.1, 0.15) is 52.5 Å². The maximum Gasteiger partial charge on any atom is 0.260 e. The zero-order valence-corrected chi connectivity index (χ0v) is 16.8. The van der Waals surface area contributed by atoms with Crippen molar-refractivity contribution in [1.29, 1.82) is 0 Å². The fraction of sp³-hybridized carbons (Fsp3) is 0.650. The third kappa shape index (κ3) is 6.19. The van der Waals surface area contributed by atoms with Crippen LogP contribution in [0.25, 0.3) is 0 Å². The summed E-state index contributed by atoms with van der Waals surface area (Å²) in [6.45, 7) is 11.5. The molecule has 0 aliphatic carbocycles. The average Bonchev–Trinajstić information content (AvgIpc) is 2.58. The number of nitrogens with zero attached hydrogens (tertiary/aromatic N) is 1. The number of ether oxygens (including phenoxy) is 1. The predicted molar refractivity (Wildman–Crippen MR) is 106 cm³/mol. The van der Waals surface area contributed by atoms with E-state index in [2.05, 4.69) is 39.1 Å². The molecule has 1 amide bonds. The molecule has 5 heteroatoms. The molecule has 0 aromatic heterocycles. The normalized spacial score (nSPS) is 15.4. The van der Waals surface area contributed by atoms with E-state index >= 15 is 0 Å². The molecule has 1 aromatic carbocycles. The molecule has 1 saturated heterocycles. The van der Waals surface area contributed by atoms with E-state index in [1.54, 1.807) is 0 Å². The van der Waals surface area contributed by atoms with Crippen LogP contribution < -0.4 is 10.1 Å². The van der Waals surface area contributed by atoms with Gasteiger partial charge in [-0.3, -0.25) is 4.79 Å². The molecule has 1 aliphatic heterocycles. The molecule has 4 nitrogen and oxygen atoms in total. The number of piperidine rings is 1. The molecule has 1 aliphatic rings. The van der Waals surface area contributed by atoms with Gasteiger partial charge < -0.3 is 15.0 Å². The van der Waals surface area contributed by atoms with Crippen molar-refractivity contribution in [3.63, 3.8) is 0 Å². The summed E-state index contributed by atoms with van der Waals surface area (Å²) in [6.07, 6.45) is 3.04. The van der Waals surface area contributed by atoms with Gasteiger partial charge >= 0.3 is 0 Å².